The van der Waals surface area contributed by atoms with Gasteiger partial charge in [0.15, 0.2) is 11.6 Å². The van der Waals surface area contributed by atoms with E-state index < -0.39 is 0 Å². The highest BCUT2D eigenvalue weighted by molar-refractivity contribution is 6.30. The number of nitrogens with one attached hydrogen (secondary N) is 2. The largest absolute Gasteiger partial charge is 0.368 e. The molecule has 7 nitrogen and oxygen atoms in total. The molecule has 0 spiro atoms. The van der Waals surface area contributed by atoms with Crippen LogP contribution in [0.3, 0.4) is 0 Å². The fourth-order valence-electron chi connectivity index (χ4n) is 3.83. The predicted molar refractivity (Wildman–Crippen MR) is 142 cm³/mol. The number of benzene rings is 2. The Morgan fingerprint density at radius 1 is 0.857 bits per heavy atom. The number of halogens is 1. The molecule has 0 amide bonds. The van der Waals surface area contributed by atoms with Crippen LogP contribution in [0.25, 0.3) is 22.3 Å². The molecule has 0 aliphatic heterocycles. The van der Waals surface area contributed by atoms with Crippen LogP contribution in [0.1, 0.15) is 5.56 Å². The number of pyridine rings is 2. The number of hydrogen-bond acceptors (Lipinski definition) is 7. The van der Waals surface area contributed by atoms with Gasteiger partial charge in [-0.3, -0.25) is 4.98 Å². The van der Waals surface area contributed by atoms with Crippen molar-refractivity contribution in [3.8, 4) is 11.4 Å². The zero-order chi connectivity index (χ0) is 24.0. The second-order valence-electron chi connectivity index (χ2n) is 8.15. The Bertz CT molecular complexity index is 1430. The molecule has 3 heterocycles. The summed E-state index contributed by atoms with van der Waals surface area (Å²) in [5.41, 5.74) is 10.0. The van der Waals surface area contributed by atoms with Crippen LogP contribution in [0.2, 0.25) is 5.02 Å². The first-order valence-electron chi connectivity index (χ1n) is 11.3. The fraction of sp³-hybridized carbons (Fsp3) is 0.111. The van der Waals surface area contributed by atoms with Gasteiger partial charge in [0.1, 0.15) is 11.3 Å². The summed E-state index contributed by atoms with van der Waals surface area (Å²) in [6.07, 6.45) is 5.94. The third-order valence-electron chi connectivity index (χ3n) is 5.51. The molecule has 0 aliphatic rings. The van der Waals surface area contributed by atoms with Gasteiger partial charge in [-0.15, -0.1) is 0 Å². The first kappa shape index (κ1) is 22.7. The summed E-state index contributed by atoms with van der Waals surface area (Å²) >= 11 is 6.17. The van der Waals surface area contributed by atoms with Crippen LogP contribution < -0.4 is 16.4 Å². The van der Waals surface area contributed by atoms with Crippen molar-refractivity contribution in [1.82, 2.24) is 19.9 Å². The van der Waals surface area contributed by atoms with Gasteiger partial charge in [-0.2, -0.15) is 0 Å². The summed E-state index contributed by atoms with van der Waals surface area (Å²) in [6.45, 7) is 0.552. The molecule has 0 saturated heterocycles. The molecule has 4 N–H and O–H groups in total. The van der Waals surface area contributed by atoms with E-state index >= 15 is 0 Å². The van der Waals surface area contributed by atoms with E-state index in [-0.39, 0.29) is 6.04 Å². The third-order valence-corrected chi connectivity index (χ3v) is 5.75. The Balaban J connectivity index is 1.50. The Labute approximate surface area is 208 Å². The maximum absolute atomic E-state index is 6.44. The summed E-state index contributed by atoms with van der Waals surface area (Å²) in [6, 6.07) is 23.3. The number of nitrogens with two attached hydrogens (primary N) is 1. The van der Waals surface area contributed by atoms with Crippen molar-refractivity contribution in [3.63, 3.8) is 0 Å². The highest BCUT2D eigenvalue weighted by Crippen LogP contribution is 2.30. The lowest BCUT2D eigenvalue weighted by molar-refractivity contribution is 0.698. The molecule has 3 aromatic heterocycles. The highest BCUT2D eigenvalue weighted by atomic mass is 35.5. The number of nitrogens with zero attached hydrogens (tertiary/aromatic N) is 4. The zero-order valence-corrected chi connectivity index (χ0v) is 19.7. The number of aromatic nitrogens is 4. The van der Waals surface area contributed by atoms with Crippen LogP contribution in [-0.2, 0) is 6.42 Å². The molecule has 0 bridgehead atoms. The van der Waals surface area contributed by atoms with E-state index in [1.165, 1.54) is 5.56 Å². The Morgan fingerprint density at radius 2 is 1.69 bits per heavy atom. The van der Waals surface area contributed by atoms with E-state index in [0.717, 1.165) is 23.1 Å². The molecule has 0 aliphatic carbocycles. The summed E-state index contributed by atoms with van der Waals surface area (Å²) < 4.78 is 0. The smallest absolute Gasteiger partial charge is 0.162 e. The molecule has 0 radical (unpaired) electrons. The lowest BCUT2D eigenvalue weighted by atomic mass is 10.1. The average molecular weight is 482 g/mol. The quantitative estimate of drug-likeness (QED) is 0.270. The van der Waals surface area contributed by atoms with Crippen molar-refractivity contribution in [2.24, 2.45) is 5.73 Å². The minimum absolute atomic E-state index is 0.0855. The van der Waals surface area contributed by atoms with Gasteiger partial charge in [0.05, 0.1) is 0 Å². The summed E-state index contributed by atoms with van der Waals surface area (Å²) in [7, 11) is 0. The van der Waals surface area contributed by atoms with Crippen LogP contribution >= 0.6 is 11.6 Å². The normalized spacial score (nSPS) is 11.8. The van der Waals surface area contributed by atoms with Gasteiger partial charge in [0, 0.05) is 52.8 Å². The molecule has 5 aromatic rings. The predicted octanol–water partition coefficient (Wildman–Crippen LogP) is 5.47. The van der Waals surface area contributed by atoms with Gasteiger partial charge < -0.3 is 16.4 Å². The standard InChI is InChI=1S/C27H24ClN7/c28-20-7-4-8-22(16-20)33-27-24-23(11-14-31-27)26(35-25(34-24)19-9-12-30-13-10-19)32-17-21(29)15-18-5-2-1-3-6-18/h1-14,16,21H,15,17,29H2,(H,31,33)(H,32,34,35)/t21-/m0/s1. The Morgan fingerprint density at radius 3 is 2.49 bits per heavy atom. The molecule has 0 saturated carbocycles. The second-order valence-corrected chi connectivity index (χ2v) is 8.59. The second kappa shape index (κ2) is 10.5. The lowest BCUT2D eigenvalue weighted by Crippen LogP contribution is -2.31. The van der Waals surface area contributed by atoms with Gasteiger partial charge in [0.25, 0.3) is 0 Å². The topological polar surface area (TPSA) is 102 Å². The molecular formula is C27H24ClN7. The maximum atomic E-state index is 6.44. The van der Waals surface area contributed by atoms with Crippen LogP contribution in [-0.4, -0.2) is 32.5 Å². The van der Waals surface area contributed by atoms with Crippen molar-refractivity contribution >= 4 is 39.8 Å². The van der Waals surface area contributed by atoms with E-state index in [4.69, 9.17) is 27.3 Å². The summed E-state index contributed by atoms with van der Waals surface area (Å²) in [5.74, 6) is 1.88. The Kier molecular flexibility index (Phi) is 6.79. The molecular weight excluding hydrogens is 458 g/mol. The van der Waals surface area contributed by atoms with Crippen molar-refractivity contribution in [1.29, 1.82) is 0 Å². The molecule has 1 atom stereocenters. The monoisotopic (exact) mass is 481 g/mol. The highest BCUT2D eigenvalue weighted by Gasteiger charge is 2.15. The van der Waals surface area contributed by atoms with E-state index in [2.05, 4.69) is 32.7 Å². The van der Waals surface area contributed by atoms with Crippen molar-refractivity contribution < 1.29 is 0 Å². The van der Waals surface area contributed by atoms with Gasteiger partial charge in [0.2, 0.25) is 0 Å². The number of rotatable bonds is 8. The van der Waals surface area contributed by atoms with Crippen molar-refractivity contribution in [2.45, 2.75) is 12.5 Å². The van der Waals surface area contributed by atoms with Gasteiger partial charge in [-0.1, -0.05) is 48.0 Å². The first-order valence-corrected chi connectivity index (χ1v) is 11.7. The molecule has 35 heavy (non-hydrogen) atoms. The lowest BCUT2D eigenvalue weighted by Gasteiger charge is -2.16. The molecule has 0 fully saturated rings. The van der Waals surface area contributed by atoms with Gasteiger partial charge >= 0.3 is 0 Å². The van der Waals surface area contributed by atoms with Crippen LogP contribution in [0, 0.1) is 0 Å². The third kappa shape index (κ3) is 5.54. The molecule has 2 aromatic carbocycles. The van der Waals surface area contributed by atoms with Crippen LogP contribution in [0.5, 0.6) is 0 Å². The number of fused-ring (bicyclic) bond motifs is 1. The van der Waals surface area contributed by atoms with E-state index in [9.17, 15) is 0 Å². The SMILES string of the molecule is N[C@H](CNc1nc(-c2ccncc2)nc2c(Nc3cccc(Cl)c3)nccc12)Cc1ccccc1. The first-order chi connectivity index (χ1) is 17.2. The molecule has 5 rings (SSSR count). The van der Waals surface area contributed by atoms with Gasteiger partial charge in [-0.05, 0) is 48.4 Å². The zero-order valence-electron chi connectivity index (χ0n) is 18.9. The van der Waals surface area contributed by atoms with E-state index in [0.29, 0.717) is 34.5 Å². The molecule has 0 unspecified atom stereocenters. The summed E-state index contributed by atoms with van der Waals surface area (Å²) in [4.78, 5) is 18.3. The van der Waals surface area contributed by atoms with E-state index in [1.807, 2.05) is 60.7 Å². The van der Waals surface area contributed by atoms with E-state index in [1.54, 1.807) is 18.6 Å². The minimum atomic E-state index is -0.0855. The molecule has 174 valence electrons. The minimum Gasteiger partial charge on any atom is -0.368 e. The average Bonchev–Trinajstić information content (AvgIpc) is 2.88. The number of hydrogen-bond donors (Lipinski definition) is 3. The fourth-order valence-corrected chi connectivity index (χ4v) is 4.02. The van der Waals surface area contributed by atoms with Crippen molar-refractivity contribution in [3.05, 3.63) is 102 Å². The van der Waals surface area contributed by atoms with Gasteiger partial charge in [-0.25, -0.2) is 15.0 Å². The summed E-state index contributed by atoms with van der Waals surface area (Å²) in [5, 5.41) is 8.27. The van der Waals surface area contributed by atoms with Crippen LogP contribution in [0.4, 0.5) is 17.3 Å². The Hall–Kier alpha value is -4.07. The van der Waals surface area contributed by atoms with Crippen molar-refractivity contribution in [2.75, 3.05) is 17.2 Å². The van der Waals surface area contributed by atoms with Crippen LogP contribution in [0.15, 0.2) is 91.4 Å². The molecule has 8 heteroatoms. The number of anilines is 3. The maximum Gasteiger partial charge on any atom is 0.162 e.